The van der Waals surface area contributed by atoms with Gasteiger partial charge in [-0.15, -0.1) is 0 Å². The molecule has 2 rings (SSSR count). The minimum absolute atomic E-state index is 0.0193. The lowest BCUT2D eigenvalue weighted by Crippen LogP contribution is -2.57. The van der Waals surface area contributed by atoms with E-state index in [4.69, 9.17) is 5.73 Å². The van der Waals surface area contributed by atoms with E-state index in [-0.39, 0.29) is 23.8 Å². The zero-order valence-electron chi connectivity index (χ0n) is 13.0. The average Bonchev–Trinajstić information content (AvgIpc) is 2.37. The first kappa shape index (κ1) is 15.8. The molecular weight excluding hydrogens is 269 g/mol. The van der Waals surface area contributed by atoms with Crippen LogP contribution in [0.3, 0.4) is 0 Å². The molecule has 21 heavy (non-hydrogen) atoms. The maximum Gasteiger partial charge on any atom is 0.315 e. The molecule has 116 valence electrons. The smallest absolute Gasteiger partial charge is 0.315 e. The highest BCUT2D eigenvalue weighted by molar-refractivity contribution is 5.72. The summed E-state index contributed by atoms with van der Waals surface area (Å²) in [6, 6.07) is 6.07. The van der Waals surface area contributed by atoms with Gasteiger partial charge >= 0.3 is 6.03 Å². The summed E-state index contributed by atoms with van der Waals surface area (Å²) in [4.78, 5) is 15.8. The molecule has 2 amide bonds. The van der Waals surface area contributed by atoms with E-state index in [0.717, 1.165) is 19.5 Å². The lowest BCUT2D eigenvalue weighted by molar-refractivity contribution is 0.0326. The number of likely N-dealkylation sites (tertiary alicyclic amines) is 1. The molecule has 1 aromatic carbocycles. The molecular formula is C16H24FN3O. The van der Waals surface area contributed by atoms with Crippen LogP contribution in [0.25, 0.3) is 0 Å². The molecule has 1 saturated heterocycles. The molecule has 2 N–H and O–H groups in total. The van der Waals surface area contributed by atoms with Crippen molar-refractivity contribution in [3.63, 3.8) is 0 Å². The van der Waals surface area contributed by atoms with Gasteiger partial charge in [0.2, 0.25) is 0 Å². The SMILES string of the molecule is CN1CCC(N(Cc2ccccc2F)C(N)=O)C(C)(C)C1. The standard InChI is InChI=1S/C16H24FN3O/c1-16(2)11-19(3)9-8-14(16)20(15(18)21)10-12-6-4-5-7-13(12)17/h4-7,14H,8-11H2,1-3H3,(H2,18,21). The molecule has 0 aliphatic carbocycles. The minimum atomic E-state index is -0.485. The zero-order valence-corrected chi connectivity index (χ0v) is 13.0. The van der Waals surface area contributed by atoms with E-state index < -0.39 is 6.03 Å². The molecule has 1 aliphatic rings. The van der Waals surface area contributed by atoms with Crippen molar-refractivity contribution in [3.8, 4) is 0 Å². The molecule has 1 heterocycles. The first-order valence-electron chi connectivity index (χ1n) is 7.29. The van der Waals surface area contributed by atoms with E-state index in [1.165, 1.54) is 6.07 Å². The maximum absolute atomic E-state index is 13.8. The molecule has 4 nitrogen and oxygen atoms in total. The second-order valence-corrected chi connectivity index (χ2v) is 6.59. The molecule has 1 aliphatic heterocycles. The second-order valence-electron chi connectivity index (χ2n) is 6.59. The van der Waals surface area contributed by atoms with Gasteiger partial charge in [0.1, 0.15) is 5.82 Å². The first-order chi connectivity index (χ1) is 9.81. The Kier molecular flexibility index (Phi) is 4.52. The number of benzene rings is 1. The third kappa shape index (κ3) is 3.53. The molecule has 1 aromatic rings. The number of piperidine rings is 1. The van der Waals surface area contributed by atoms with E-state index >= 15 is 0 Å². The van der Waals surface area contributed by atoms with Crippen molar-refractivity contribution < 1.29 is 9.18 Å². The number of nitrogens with two attached hydrogens (primary N) is 1. The Labute approximate surface area is 125 Å². The van der Waals surface area contributed by atoms with Gasteiger partial charge in [-0.2, -0.15) is 0 Å². The van der Waals surface area contributed by atoms with Crippen LogP contribution in [0.1, 0.15) is 25.8 Å². The number of hydrogen-bond acceptors (Lipinski definition) is 2. The number of nitrogens with zero attached hydrogens (tertiary/aromatic N) is 2. The number of carbonyl (C=O) groups is 1. The van der Waals surface area contributed by atoms with Gasteiger partial charge in [0.15, 0.2) is 0 Å². The Morgan fingerprint density at radius 2 is 2.14 bits per heavy atom. The number of carbonyl (C=O) groups excluding carboxylic acids is 1. The molecule has 0 saturated carbocycles. The third-order valence-electron chi connectivity index (χ3n) is 4.32. The number of primary amides is 1. The summed E-state index contributed by atoms with van der Waals surface area (Å²) in [7, 11) is 2.07. The van der Waals surface area contributed by atoms with Crippen molar-refractivity contribution in [2.24, 2.45) is 11.1 Å². The van der Waals surface area contributed by atoms with E-state index in [1.807, 2.05) is 0 Å². The Morgan fingerprint density at radius 3 is 2.71 bits per heavy atom. The number of urea groups is 1. The van der Waals surface area contributed by atoms with Crippen LogP contribution < -0.4 is 5.73 Å². The van der Waals surface area contributed by atoms with Crippen LogP contribution in [0.2, 0.25) is 0 Å². The zero-order chi connectivity index (χ0) is 15.6. The summed E-state index contributed by atoms with van der Waals surface area (Å²) in [5.74, 6) is -0.297. The van der Waals surface area contributed by atoms with Crippen molar-refractivity contribution in [3.05, 3.63) is 35.6 Å². The summed E-state index contributed by atoms with van der Waals surface area (Å²) in [5, 5.41) is 0. The monoisotopic (exact) mass is 293 g/mol. The van der Waals surface area contributed by atoms with E-state index in [9.17, 15) is 9.18 Å². The van der Waals surface area contributed by atoms with Gasteiger partial charge in [-0.1, -0.05) is 32.0 Å². The van der Waals surface area contributed by atoms with Crippen LogP contribution in [0, 0.1) is 11.2 Å². The van der Waals surface area contributed by atoms with Crippen molar-refractivity contribution >= 4 is 6.03 Å². The third-order valence-corrected chi connectivity index (χ3v) is 4.32. The Balaban J connectivity index is 2.23. The quantitative estimate of drug-likeness (QED) is 0.930. The largest absolute Gasteiger partial charge is 0.351 e. The number of halogens is 1. The second kappa shape index (κ2) is 6.02. The highest BCUT2D eigenvalue weighted by Gasteiger charge is 2.39. The van der Waals surface area contributed by atoms with Crippen molar-refractivity contribution in [1.29, 1.82) is 0 Å². The van der Waals surface area contributed by atoms with Gasteiger partial charge < -0.3 is 15.5 Å². The lowest BCUT2D eigenvalue weighted by Gasteiger charge is -2.47. The van der Waals surface area contributed by atoms with Crippen LogP contribution in [0.5, 0.6) is 0 Å². The van der Waals surface area contributed by atoms with Crippen LogP contribution in [-0.2, 0) is 6.54 Å². The van der Waals surface area contributed by atoms with E-state index in [1.54, 1.807) is 23.1 Å². The molecule has 1 fully saturated rings. The highest BCUT2D eigenvalue weighted by atomic mass is 19.1. The number of hydrogen-bond donors (Lipinski definition) is 1. The first-order valence-corrected chi connectivity index (χ1v) is 7.29. The fourth-order valence-electron chi connectivity index (χ4n) is 3.34. The van der Waals surface area contributed by atoms with Gasteiger partial charge in [-0.25, -0.2) is 9.18 Å². The average molecular weight is 293 g/mol. The molecule has 0 bridgehead atoms. The highest BCUT2D eigenvalue weighted by Crippen LogP contribution is 2.33. The summed E-state index contributed by atoms with van der Waals surface area (Å²) in [5.41, 5.74) is 6.00. The fraction of sp³-hybridized carbons (Fsp3) is 0.562. The molecule has 1 unspecified atom stereocenters. The van der Waals surface area contributed by atoms with Gasteiger partial charge in [0, 0.05) is 18.2 Å². The molecule has 1 atom stereocenters. The predicted molar refractivity (Wildman–Crippen MR) is 81.2 cm³/mol. The summed E-state index contributed by atoms with van der Waals surface area (Å²) >= 11 is 0. The van der Waals surface area contributed by atoms with Gasteiger partial charge in [0.05, 0.1) is 6.54 Å². The molecule has 0 spiro atoms. The van der Waals surface area contributed by atoms with Crippen molar-refractivity contribution in [1.82, 2.24) is 9.80 Å². The molecule has 0 aromatic heterocycles. The fourth-order valence-corrected chi connectivity index (χ4v) is 3.34. The van der Waals surface area contributed by atoms with E-state index in [0.29, 0.717) is 5.56 Å². The summed E-state index contributed by atoms with van der Waals surface area (Å²) in [6.07, 6.45) is 0.848. The van der Waals surface area contributed by atoms with Crippen LogP contribution in [0.4, 0.5) is 9.18 Å². The van der Waals surface area contributed by atoms with Crippen LogP contribution in [0.15, 0.2) is 24.3 Å². The molecule has 5 heteroatoms. The normalized spacial score (nSPS) is 22.0. The van der Waals surface area contributed by atoms with Gasteiger partial charge in [-0.3, -0.25) is 0 Å². The maximum atomic E-state index is 13.8. The summed E-state index contributed by atoms with van der Waals surface area (Å²) < 4.78 is 13.8. The van der Waals surface area contributed by atoms with Crippen LogP contribution in [-0.4, -0.2) is 42.0 Å². The van der Waals surface area contributed by atoms with E-state index in [2.05, 4.69) is 25.8 Å². The predicted octanol–water partition coefficient (Wildman–Crippen LogP) is 2.44. The molecule has 0 radical (unpaired) electrons. The Hall–Kier alpha value is -1.62. The van der Waals surface area contributed by atoms with Crippen LogP contribution >= 0.6 is 0 Å². The topological polar surface area (TPSA) is 49.6 Å². The van der Waals surface area contributed by atoms with Gasteiger partial charge in [-0.05, 0) is 31.5 Å². The minimum Gasteiger partial charge on any atom is -0.351 e. The Bertz CT molecular complexity index is 518. The summed E-state index contributed by atoms with van der Waals surface area (Å²) in [6.45, 7) is 6.28. The Morgan fingerprint density at radius 1 is 1.48 bits per heavy atom. The lowest BCUT2D eigenvalue weighted by atomic mass is 9.78. The number of amides is 2. The number of rotatable bonds is 3. The van der Waals surface area contributed by atoms with Gasteiger partial charge in [0.25, 0.3) is 0 Å². The van der Waals surface area contributed by atoms with Crippen molar-refractivity contribution in [2.75, 3.05) is 20.1 Å². The van der Waals surface area contributed by atoms with Crippen molar-refractivity contribution in [2.45, 2.75) is 32.9 Å².